The summed E-state index contributed by atoms with van der Waals surface area (Å²) in [7, 11) is 0. The maximum atomic E-state index is 9.66. The number of nitrogens with zero attached hydrogens (tertiary/aromatic N) is 3. The zero-order chi connectivity index (χ0) is 24.0. The first-order chi connectivity index (χ1) is 17.0. The second-order valence-electron chi connectivity index (χ2n) is 11.5. The van der Waals surface area contributed by atoms with Crippen LogP contribution in [-0.4, -0.2) is 34.6 Å². The third kappa shape index (κ3) is 4.60. The summed E-state index contributed by atoms with van der Waals surface area (Å²) in [6.45, 7) is 1.40. The number of benzene rings is 1. The van der Waals surface area contributed by atoms with E-state index in [2.05, 4.69) is 32.0 Å². The lowest BCUT2D eigenvalue weighted by atomic mass is 9.47. The van der Waals surface area contributed by atoms with Gasteiger partial charge in [0, 0.05) is 36.2 Å². The summed E-state index contributed by atoms with van der Waals surface area (Å²) in [6, 6.07) is 11.7. The van der Waals surface area contributed by atoms with Gasteiger partial charge in [-0.2, -0.15) is 10.2 Å². The van der Waals surface area contributed by atoms with Crippen molar-refractivity contribution in [1.29, 1.82) is 5.26 Å². The fourth-order valence-corrected chi connectivity index (χ4v) is 7.72. The van der Waals surface area contributed by atoms with Crippen LogP contribution in [-0.2, 0) is 6.54 Å². The Balaban J connectivity index is 1.12. The summed E-state index contributed by atoms with van der Waals surface area (Å²) in [5.74, 6) is 3.48. The zero-order valence-corrected chi connectivity index (χ0v) is 20.8. The van der Waals surface area contributed by atoms with E-state index in [1.165, 1.54) is 32.1 Å². The highest BCUT2D eigenvalue weighted by Crippen LogP contribution is 2.60. The standard InChI is InChI=1S/C27H34ClN7/c28-23-4-2-1-3-17(23)13-31-26-32-14-20(12-29)25(35-26)33-15-27-9-16-5-18(10-27)24(19(6-16)11-27)34-22-7-21(30)8-22/h1-4,14,16,18-19,21-22,24,34H,5-11,13,15,30H2,(H2,31,32,33,35)/t16?,18-,19+,21?,22?,24-,27-. The number of aromatic nitrogens is 2. The molecule has 1 aromatic carbocycles. The van der Waals surface area contributed by atoms with Crippen LogP contribution in [0.1, 0.15) is 56.1 Å². The van der Waals surface area contributed by atoms with Gasteiger partial charge in [0.2, 0.25) is 5.95 Å². The van der Waals surface area contributed by atoms with Crippen LogP contribution in [0.4, 0.5) is 11.8 Å². The highest BCUT2D eigenvalue weighted by Gasteiger charge is 2.55. The van der Waals surface area contributed by atoms with Crippen LogP contribution in [0.3, 0.4) is 0 Å². The van der Waals surface area contributed by atoms with Gasteiger partial charge in [-0.3, -0.25) is 0 Å². The molecule has 2 aromatic rings. The molecule has 5 saturated carbocycles. The van der Waals surface area contributed by atoms with E-state index in [1.54, 1.807) is 6.20 Å². The predicted molar refractivity (Wildman–Crippen MR) is 138 cm³/mol. The molecule has 184 valence electrons. The maximum absolute atomic E-state index is 9.66. The fourth-order valence-electron chi connectivity index (χ4n) is 7.52. The molecule has 0 amide bonds. The molecule has 0 spiro atoms. The van der Waals surface area contributed by atoms with Crippen LogP contribution in [0.2, 0.25) is 5.02 Å². The van der Waals surface area contributed by atoms with E-state index < -0.39 is 0 Å². The number of nitrogens with one attached hydrogen (secondary N) is 3. The molecular weight excluding hydrogens is 458 g/mol. The fraction of sp³-hybridized carbons (Fsp3) is 0.593. The SMILES string of the molecule is N#Cc1cnc(NCc2ccccc2Cl)nc1NC[C@]12CC3C[C@H](C1)[C@@H](NC1CC(N)C1)[C@@H](C3)C2. The summed E-state index contributed by atoms with van der Waals surface area (Å²) < 4.78 is 0. The Morgan fingerprint density at radius 1 is 1.09 bits per heavy atom. The van der Waals surface area contributed by atoms with Crippen LogP contribution >= 0.6 is 11.6 Å². The maximum Gasteiger partial charge on any atom is 0.224 e. The van der Waals surface area contributed by atoms with Gasteiger partial charge in [0.15, 0.2) is 0 Å². The first-order valence-corrected chi connectivity index (χ1v) is 13.4. The quantitative estimate of drug-likeness (QED) is 0.435. The topological polar surface area (TPSA) is 112 Å². The van der Waals surface area contributed by atoms with E-state index in [0.29, 0.717) is 52.4 Å². The highest BCUT2D eigenvalue weighted by molar-refractivity contribution is 6.31. The minimum atomic E-state index is 0.299. The van der Waals surface area contributed by atoms with Crippen molar-refractivity contribution >= 4 is 23.4 Å². The molecule has 7 nitrogen and oxygen atoms in total. The Bertz CT molecular complexity index is 1110. The number of nitrogens with two attached hydrogens (primary N) is 1. The number of hydrogen-bond acceptors (Lipinski definition) is 7. The number of nitriles is 1. The normalized spacial score (nSPS) is 34.8. The van der Waals surface area contributed by atoms with Crippen LogP contribution < -0.4 is 21.7 Å². The zero-order valence-electron chi connectivity index (χ0n) is 20.0. The molecule has 1 aromatic heterocycles. The molecule has 5 aliphatic rings. The molecule has 1 unspecified atom stereocenters. The molecule has 7 rings (SSSR count). The Labute approximate surface area is 212 Å². The molecule has 5 fully saturated rings. The van der Waals surface area contributed by atoms with Crippen LogP contribution in [0.25, 0.3) is 0 Å². The first-order valence-electron chi connectivity index (χ1n) is 13.0. The summed E-state index contributed by atoms with van der Waals surface area (Å²) in [5.41, 5.74) is 7.80. The van der Waals surface area contributed by atoms with Crippen molar-refractivity contribution < 1.29 is 0 Å². The average molecular weight is 492 g/mol. The molecule has 0 saturated heterocycles. The lowest BCUT2D eigenvalue weighted by Crippen LogP contribution is -2.63. The number of halogens is 1. The predicted octanol–water partition coefficient (Wildman–Crippen LogP) is 4.30. The van der Waals surface area contributed by atoms with Gasteiger partial charge >= 0.3 is 0 Å². The number of anilines is 2. The van der Waals surface area contributed by atoms with Crippen LogP contribution in [0.5, 0.6) is 0 Å². The van der Waals surface area contributed by atoms with Crippen molar-refractivity contribution in [1.82, 2.24) is 15.3 Å². The Morgan fingerprint density at radius 3 is 2.57 bits per heavy atom. The smallest absolute Gasteiger partial charge is 0.224 e. The van der Waals surface area contributed by atoms with Gasteiger partial charge in [0.25, 0.3) is 0 Å². The molecule has 0 aliphatic heterocycles. The molecule has 4 bridgehead atoms. The lowest BCUT2D eigenvalue weighted by molar-refractivity contribution is -0.0746. The largest absolute Gasteiger partial charge is 0.368 e. The van der Waals surface area contributed by atoms with Crippen molar-refractivity contribution in [3.05, 3.63) is 46.6 Å². The molecule has 35 heavy (non-hydrogen) atoms. The van der Waals surface area contributed by atoms with Gasteiger partial charge in [-0.05, 0) is 79.7 Å². The van der Waals surface area contributed by atoms with Gasteiger partial charge in [0.05, 0.1) is 6.20 Å². The highest BCUT2D eigenvalue weighted by atomic mass is 35.5. The third-order valence-electron chi connectivity index (χ3n) is 8.94. The van der Waals surface area contributed by atoms with Gasteiger partial charge in [-0.1, -0.05) is 29.8 Å². The third-order valence-corrected chi connectivity index (χ3v) is 9.31. The monoisotopic (exact) mass is 491 g/mol. The minimum absolute atomic E-state index is 0.299. The van der Waals surface area contributed by atoms with E-state index in [4.69, 9.17) is 17.3 Å². The molecule has 8 heteroatoms. The Hall–Kier alpha value is -2.40. The molecule has 0 radical (unpaired) electrons. The molecular formula is C27H34ClN7. The average Bonchev–Trinajstić information content (AvgIpc) is 2.83. The Morgan fingerprint density at radius 2 is 1.86 bits per heavy atom. The van der Waals surface area contributed by atoms with Crippen molar-refractivity contribution in [3.8, 4) is 6.07 Å². The van der Waals surface area contributed by atoms with Gasteiger partial charge in [0.1, 0.15) is 17.5 Å². The summed E-state index contributed by atoms with van der Waals surface area (Å²) in [5, 5.41) is 21.2. The second kappa shape index (κ2) is 9.24. The van der Waals surface area contributed by atoms with Crippen molar-refractivity contribution in [3.63, 3.8) is 0 Å². The van der Waals surface area contributed by atoms with Crippen LogP contribution in [0.15, 0.2) is 30.5 Å². The molecule has 5 atom stereocenters. The van der Waals surface area contributed by atoms with Gasteiger partial charge in [-0.15, -0.1) is 0 Å². The van der Waals surface area contributed by atoms with E-state index >= 15 is 0 Å². The van der Waals surface area contributed by atoms with Crippen molar-refractivity contribution in [2.45, 2.75) is 69.6 Å². The van der Waals surface area contributed by atoms with E-state index in [1.807, 2.05) is 24.3 Å². The van der Waals surface area contributed by atoms with E-state index in [0.717, 1.165) is 42.7 Å². The summed E-state index contributed by atoms with van der Waals surface area (Å²) in [6.07, 6.45) is 10.4. The van der Waals surface area contributed by atoms with Gasteiger partial charge < -0.3 is 21.7 Å². The molecule has 5 aliphatic carbocycles. The lowest BCUT2D eigenvalue weighted by Gasteiger charge is -2.61. The van der Waals surface area contributed by atoms with Crippen molar-refractivity contribution in [2.24, 2.45) is 28.9 Å². The van der Waals surface area contributed by atoms with Gasteiger partial charge in [-0.25, -0.2) is 4.98 Å². The minimum Gasteiger partial charge on any atom is -0.368 e. The first kappa shape index (κ1) is 23.0. The van der Waals surface area contributed by atoms with Crippen LogP contribution in [0, 0.1) is 34.5 Å². The van der Waals surface area contributed by atoms with Crippen molar-refractivity contribution in [2.75, 3.05) is 17.2 Å². The number of hydrogen-bond donors (Lipinski definition) is 4. The van der Waals surface area contributed by atoms with E-state index in [-0.39, 0.29) is 0 Å². The van der Waals surface area contributed by atoms with E-state index in [9.17, 15) is 5.26 Å². The number of rotatable bonds is 8. The second-order valence-corrected chi connectivity index (χ2v) is 11.9. The summed E-state index contributed by atoms with van der Waals surface area (Å²) >= 11 is 6.28. The molecule has 5 N–H and O–H groups in total. The Kier molecular flexibility index (Phi) is 6.08. The molecule has 1 heterocycles. The summed E-state index contributed by atoms with van der Waals surface area (Å²) in [4.78, 5) is 9.00.